The Bertz CT molecular complexity index is 673. The molecule has 0 bridgehead atoms. The molecule has 0 saturated heterocycles. The number of nitrogen functional groups attached to an aromatic ring is 1. The molecule has 21 heavy (non-hydrogen) atoms. The lowest BCUT2D eigenvalue weighted by molar-refractivity contribution is -0.384. The third-order valence-electron chi connectivity index (χ3n) is 3.00. The summed E-state index contributed by atoms with van der Waals surface area (Å²) in [6, 6.07) is 7.88. The van der Waals surface area contributed by atoms with Crippen LogP contribution >= 0.6 is 0 Å². The molecule has 0 aliphatic rings. The highest BCUT2D eigenvalue weighted by Gasteiger charge is 2.25. The van der Waals surface area contributed by atoms with Gasteiger partial charge in [0.25, 0.3) is 5.91 Å². The number of aromatic nitrogens is 1. The Hall–Kier alpha value is -2.96. The average molecular weight is 286 g/mol. The molecule has 0 aliphatic heterocycles. The Balaban J connectivity index is 2.28. The van der Waals surface area contributed by atoms with Crippen molar-refractivity contribution >= 4 is 17.3 Å². The highest BCUT2D eigenvalue weighted by molar-refractivity contribution is 6.00. The summed E-state index contributed by atoms with van der Waals surface area (Å²) < 4.78 is 0. The van der Waals surface area contributed by atoms with Crippen molar-refractivity contribution in [2.75, 3.05) is 12.8 Å². The van der Waals surface area contributed by atoms with Crippen molar-refractivity contribution in [3.05, 3.63) is 64.0 Å². The van der Waals surface area contributed by atoms with Crippen LogP contribution < -0.4 is 5.73 Å². The molecule has 0 spiro atoms. The number of nitro benzene ring substituents is 1. The fourth-order valence-electron chi connectivity index (χ4n) is 1.98. The molecule has 1 aromatic heterocycles. The number of rotatable bonds is 4. The Morgan fingerprint density at radius 2 is 2.00 bits per heavy atom. The van der Waals surface area contributed by atoms with Gasteiger partial charge in [0.15, 0.2) is 0 Å². The monoisotopic (exact) mass is 286 g/mol. The lowest BCUT2D eigenvalue weighted by atomic mass is 10.1. The molecule has 7 heteroatoms. The van der Waals surface area contributed by atoms with Crippen LogP contribution in [0.1, 0.15) is 15.9 Å². The predicted octanol–water partition coefficient (Wildman–Crippen LogP) is 1.84. The van der Waals surface area contributed by atoms with Gasteiger partial charge in [-0.1, -0.05) is 6.07 Å². The summed E-state index contributed by atoms with van der Waals surface area (Å²) >= 11 is 0. The van der Waals surface area contributed by atoms with Gasteiger partial charge in [0.2, 0.25) is 0 Å². The Morgan fingerprint density at radius 1 is 1.33 bits per heavy atom. The number of nitrogens with zero attached hydrogens (tertiary/aromatic N) is 3. The van der Waals surface area contributed by atoms with Gasteiger partial charge in [-0.25, -0.2) is 0 Å². The van der Waals surface area contributed by atoms with Crippen LogP contribution in [0.25, 0.3) is 0 Å². The zero-order valence-corrected chi connectivity index (χ0v) is 11.4. The molecule has 1 amide bonds. The SMILES string of the molecule is CN(Cc1ccncc1)C(=O)c1cccc(N)c1[N+](=O)[O-]. The summed E-state index contributed by atoms with van der Waals surface area (Å²) in [6.07, 6.45) is 3.24. The van der Waals surface area contributed by atoms with Gasteiger partial charge in [-0.2, -0.15) is 0 Å². The van der Waals surface area contributed by atoms with E-state index in [2.05, 4.69) is 4.98 Å². The van der Waals surface area contributed by atoms with Gasteiger partial charge < -0.3 is 10.6 Å². The first kappa shape index (κ1) is 14.4. The summed E-state index contributed by atoms with van der Waals surface area (Å²) in [5, 5.41) is 11.1. The van der Waals surface area contributed by atoms with Crippen LogP contribution in [0.2, 0.25) is 0 Å². The summed E-state index contributed by atoms with van der Waals surface area (Å²) in [7, 11) is 1.58. The van der Waals surface area contributed by atoms with Gasteiger partial charge in [0, 0.05) is 26.0 Å². The van der Waals surface area contributed by atoms with Crippen molar-refractivity contribution in [2.45, 2.75) is 6.54 Å². The number of anilines is 1. The minimum atomic E-state index is -0.636. The summed E-state index contributed by atoms with van der Waals surface area (Å²) in [4.78, 5) is 28.1. The molecule has 7 nitrogen and oxygen atoms in total. The maximum absolute atomic E-state index is 12.4. The van der Waals surface area contributed by atoms with Crippen LogP contribution in [-0.2, 0) is 6.54 Å². The molecule has 0 aliphatic carbocycles. The first-order chi connectivity index (χ1) is 10.0. The van der Waals surface area contributed by atoms with Crippen LogP contribution in [0.5, 0.6) is 0 Å². The third-order valence-corrected chi connectivity index (χ3v) is 3.00. The van der Waals surface area contributed by atoms with Gasteiger partial charge in [-0.15, -0.1) is 0 Å². The molecule has 2 rings (SSSR count). The molecule has 108 valence electrons. The van der Waals surface area contributed by atoms with Crippen LogP contribution in [0.4, 0.5) is 11.4 Å². The van der Waals surface area contributed by atoms with E-state index >= 15 is 0 Å². The largest absolute Gasteiger partial charge is 0.393 e. The molecule has 0 atom stereocenters. The Labute approximate surface area is 121 Å². The smallest absolute Gasteiger partial charge is 0.304 e. The van der Waals surface area contributed by atoms with Crippen LogP contribution in [-0.4, -0.2) is 27.8 Å². The van der Waals surface area contributed by atoms with Gasteiger partial charge in [0.05, 0.1) is 4.92 Å². The van der Waals surface area contributed by atoms with Crippen molar-refractivity contribution < 1.29 is 9.72 Å². The average Bonchev–Trinajstić information content (AvgIpc) is 2.46. The molecule has 2 N–H and O–H groups in total. The number of nitro groups is 1. The number of hydrogen-bond donors (Lipinski definition) is 1. The van der Waals surface area contributed by atoms with E-state index in [-0.39, 0.29) is 16.9 Å². The van der Waals surface area contributed by atoms with Crippen molar-refractivity contribution in [1.29, 1.82) is 0 Å². The molecule has 2 aromatic rings. The minimum absolute atomic E-state index is 0.0171. The number of nitrogens with two attached hydrogens (primary N) is 1. The summed E-state index contributed by atoms with van der Waals surface area (Å²) in [5.41, 5.74) is 6.07. The van der Waals surface area contributed by atoms with E-state index in [9.17, 15) is 14.9 Å². The van der Waals surface area contributed by atoms with Crippen LogP contribution in [0.15, 0.2) is 42.7 Å². The topological polar surface area (TPSA) is 102 Å². The maximum Gasteiger partial charge on any atom is 0.304 e. The zero-order chi connectivity index (χ0) is 15.4. The molecule has 0 unspecified atom stereocenters. The van der Waals surface area contributed by atoms with E-state index in [0.717, 1.165) is 5.56 Å². The number of para-hydroxylation sites is 1. The van der Waals surface area contributed by atoms with E-state index in [4.69, 9.17) is 5.73 Å². The second kappa shape index (κ2) is 6.00. The lowest BCUT2D eigenvalue weighted by Gasteiger charge is -2.17. The number of pyridine rings is 1. The van der Waals surface area contributed by atoms with E-state index in [0.29, 0.717) is 6.54 Å². The molecule has 1 aromatic carbocycles. The quantitative estimate of drug-likeness (QED) is 0.525. The zero-order valence-electron chi connectivity index (χ0n) is 11.4. The molecule has 1 heterocycles. The molecule has 0 fully saturated rings. The van der Waals surface area contributed by atoms with Gasteiger partial charge in [-0.05, 0) is 29.8 Å². The van der Waals surface area contributed by atoms with E-state index in [1.165, 1.54) is 23.1 Å². The standard InChI is InChI=1S/C14H14N4O3/c1-17(9-10-5-7-16-8-6-10)14(19)11-3-2-4-12(15)13(11)18(20)21/h2-8H,9,15H2,1H3. The van der Waals surface area contributed by atoms with Gasteiger partial charge in [0.1, 0.15) is 11.3 Å². The number of carbonyl (C=O) groups is 1. The second-order valence-electron chi connectivity index (χ2n) is 4.52. The number of hydrogen-bond acceptors (Lipinski definition) is 5. The summed E-state index contributed by atoms with van der Waals surface area (Å²) in [5.74, 6) is -0.453. The first-order valence-corrected chi connectivity index (χ1v) is 6.18. The van der Waals surface area contributed by atoms with Gasteiger partial charge >= 0.3 is 5.69 Å². The lowest BCUT2D eigenvalue weighted by Crippen LogP contribution is -2.27. The highest BCUT2D eigenvalue weighted by Crippen LogP contribution is 2.27. The minimum Gasteiger partial charge on any atom is -0.393 e. The summed E-state index contributed by atoms with van der Waals surface area (Å²) in [6.45, 7) is 0.327. The Kier molecular flexibility index (Phi) is 4.13. The normalized spacial score (nSPS) is 10.1. The van der Waals surface area contributed by atoms with E-state index in [1.807, 2.05) is 0 Å². The molecule has 0 saturated carbocycles. The van der Waals surface area contributed by atoms with E-state index < -0.39 is 10.8 Å². The molecular formula is C14H14N4O3. The molecular weight excluding hydrogens is 272 g/mol. The highest BCUT2D eigenvalue weighted by atomic mass is 16.6. The van der Waals surface area contributed by atoms with E-state index in [1.54, 1.807) is 31.6 Å². The van der Waals surface area contributed by atoms with Crippen LogP contribution in [0, 0.1) is 10.1 Å². The van der Waals surface area contributed by atoms with Crippen molar-refractivity contribution in [3.8, 4) is 0 Å². The molecule has 0 radical (unpaired) electrons. The Morgan fingerprint density at radius 3 is 2.62 bits per heavy atom. The fraction of sp³-hybridized carbons (Fsp3) is 0.143. The maximum atomic E-state index is 12.4. The predicted molar refractivity (Wildman–Crippen MR) is 77.5 cm³/mol. The number of amides is 1. The number of benzene rings is 1. The third kappa shape index (κ3) is 3.14. The van der Waals surface area contributed by atoms with Gasteiger partial charge in [-0.3, -0.25) is 19.9 Å². The second-order valence-corrected chi connectivity index (χ2v) is 4.52. The van der Waals surface area contributed by atoms with Crippen LogP contribution in [0.3, 0.4) is 0 Å². The number of carbonyl (C=O) groups excluding carboxylic acids is 1. The van der Waals surface area contributed by atoms with Crippen molar-refractivity contribution in [2.24, 2.45) is 0 Å². The van der Waals surface area contributed by atoms with Crippen molar-refractivity contribution in [3.63, 3.8) is 0 Å². The van der Waals surface area contributed by atoms with Crippen molar-refractivity contribution in [1.82, 2.24) is 9.88 Å². The fourth-order valence-corrected chi connectivity index (χ4v) is 1.98. The first-order valence-electron chi connectivity index (χ1n) is 6.18.